The molecule has 0 fully saturated rings. The van der Waals surface area contributed by atoms with E-state index in [1.165, 1.54) is 9.80 Å². The molecule has 0 aliphatic heterocycles. The third kappa shape index (κ3) is 3.53. The van der Waals surface area contributed by atoms with Gasteiger partial charge in [0.25, 0.3) is 0 Å². The number of aromatic nitrogens is 1. The molecule has 1 aromatic rings. The van der Waals surface area contributed by atoms with Crippen molar-refractivity contribution in [3.05, 3.63) is 30.1 Å². The maximum atomic E-state index is 12.1. The molecule has 1 aromatic heterocycles. The van der Waals surface area contributed by atoms with Crippen molar-refractivity contribution in [2.24, 2.45) is 0 Å². The summed E-state index contributed by atoms with van der Waals surface area (Å²) < 4.78 is 0. The standard InChI is InChI=1S/C14H21N3O2/c1-5-17(6-2)14(19)13(18)16(4)11(3)12-7-9-15-10-8-12/h7-11H,5-6H2,1-4H3. The number of carbonyl (C=O) groups is 2. The molecule has 0 saturated carbocycles. The molecular formula is C14H21N3O2. The highest BCUT2D eigenvalue weighted by Gasteiger charge is 2.26. The Balaban J connectivity index is 2.80. The Bertz CT molecular complexity index is 430. The molecule has 1 heterocycles. The quantitative estimate of drug-likeness (QED) is 0.773. The van der Waals surface area contributed by atoms with E-state index >= 15 is 0 Å². The average molecular weight is 263 g/mol. The van der Waals surface area contributed by atoms with Gasteiger partial charge in [-0.15, -0.1) is 0 Å². The second kappa shape index (κ2) is 6.87. The van der Waals surface area contributed by atoms with Gasteiger partial charge in [-0.05, 0) is 38.5 Å². The highest BCUT2D eigenvalue weighted by Crippen LogP contribution is 2.18. The minimum absolute atomic E-state index is 0.157. The maximum Gasteiger partial charge on any atom is 0.312 e. The first kappa shape index (κ1) is 15.1. The molecule has 0 bridgehead atoms. The van der Waals surface area contributed by atoms with Crippen molar-refractivity contribution >= 4 is 11.8 Å². The normalized spacial score (nSPS) is 11.8. The fourth-order valence-electron chi connectivity index (χ4n) is 1.84. The van der Waals surface area contributed by atoms with Crippen molar-refractivity contribution in [2.75, 3.05) is 20.1 Å². The van der Waals surface area contributed by atoms with Gasteiger partial charge in [0.05, 0.1) is 6.04 Å². The van der Waals surface area contributed by atoms with Gasteiger partial charge < -0.3 is 9.80 Å². The fourth-order valence-corrected chi connectivity index (χ4v) is 1.84. The first-order valence-electron chi connectivity index (χ1n) is 6.48. The Morgan fingerprint density at radius 1 is 1.16 bits per heavy atom. The summed E-state index contributed by atoms with van der Waals surface area (Å²) in [6, 6.07) is 3.53. The van der Waals surface area contributed by atoms with Gasteiger partial charge in [0.2, 0.25) is 0 Å². The van der Waals surface area contributed by atoms with Crippen LogP contribution in [0, 0.1) is 0 Å². The van der Waals surface area contributed by atoms with Crippen molar-refractivity contribution < 1.29 is 9.59 Å². The van der Waals surface area contributed by atoms with Gasteiger partial charge in [-0.2, -0.15) is 0 Å². The van der Waals surface area contributed by atoms with Gasteiger partial charge in [-0.3, -0.25) is 14.6 Å². The summed E-state index contributed by atoms with van der Waals surface area (Å²) >= 11 is 0. The third-order valence-electron chi connectivity index (χ3n) is 3.32. The summed E-state index contributed by atoms with van der Waals surface area (Å²) in [6.45, 7) is 6.70. The van der Waals surface area contributed by atoms with E-state index in [9.17, 15) is 9.59 Å². The van der Waals surface area contributed by atoms with Crippen molar-refractivity contribution in [2.45, 2.75) is 26.8 Å². The summed E-state index contributed by atoms with van der Waals surface area (Å²) in [5.74, 6) is -0.929. The summed E-state index contributed by atoms with van der Waals surface area (Å²) in [5.41, 5.74) is 0.957. The third-order valence-corrected chi connectivity index (χ3v) is 3.32. The molecule has 0 radical (unpaired) electrons. The van der Waals surface area contributed by atoms with Crippen LogP contribution in [0.3, 0.4) is 0 Å². The first-order chi connectivity index (χ1) is 9.02. The smallest absolute Gasteiger partial charge is 0.312 e. The lowest BCUT2D eigenvalue weighted by molar-refractivity contribution is -0.152. The predicted molar refractivity (Wildman–Crippen MR) is 73.4 cm³/mol. The number of carbonyl (C=O) groups excluding carboxylic acids is 2. The molecule has 5 heteroatoms. The zero-order chi connectivity index (χ0) is 14.4. The van der Waals surface area contributed by atoms with Crippen LogP contribution in [-0.2, 0) is 9.59 Å². The lowest BCUT2D eigenvalue weighted by atomic mass is 10.1. The number of pyridine rings is 1. The van der Waals surface area contributed by atoms with Gasteiger partial charge in [-0.25, -0.2) is 0 Å². The van der Waals surface area contributed by atoms with Gasteiger partial charge in [0.15, 0.2) is 0 Å². The molecule has 0 aromatic carbocycles. The molecule has 0 saturated heterocycles. The van der Waals surface area contributed by atoms with E-state index in [-0.39, 0.29) is 6.04 Å². The lowest BCUT2D eigenvalue weighted by Gasteiger charge is -2.27. The minimum atomic E-state index is -0.479. The molecule has 0 aliphatic carbocycles. The SMILES string of the molecule is CCN(CC)C(=O)C(=O)N(C)C(C)c1ccncc1. The van der Waals surface area contributed by atoms with Crippen LogP contribution in [0.2, 0.25) is 0 Å². The van der Waals surface area contributed by atoms with E-state index in [1.807, 2.05) is 32.9 Å². The molecule has 19 heavy (non-hydrogen) atoms. The monoisotopic (exact) mass is 263 g/mol. The molecule has 0 N–H and O–H groups in total. The Morgan fingerprint density at radius 3 is 2.16 bits per heavy atom. The molecular weight excluding hydrogens is 242 g/mol. The Labute approximate surface area is 114 Å². The van der Waals surface area contributed by atoms with Crippen LogP contribution in [0.1, 0.15) is 32.4 Å². The average Bonchev–Trinajstić information content (AvgIpc) is 2.47. The summed E-state index contributed by atoms with van der Waals surface area (Å²) in [6.07, 6.45) is 3.35. The summed E-state index contributed by atoms with van der Waals surface area (Å²) in [5, 5.41) is 0. The summed E-state index contributed by atoms with van der Waals surface area (Å²) in [7, 11) is 1.65. The number of nitrogens with zero attached hydrogens (tertiary/aromatic N) is 3. The van der Waals surface area contributed by atoms with E-state index in [0.29, 0.717) is 13.1 Å². The van der Waals surface area contributed by atoms with E-state index in [1.54, 1.807) is 19.4 Å². The maximum absolute atomic E-state index is 12.1. The van der Waals surface area contributed by atoms with Gasteiger partial charge >= 0.3 is 11.8 Å². The molecule has 1 rings (SSSR count). The van der Waals surface area contributed by atoms with E-state index in [0.717, 1.165) is 5.56 Å². The molecule has 0 aliphatic rings. The van der Waals surface area contributed by atoms with Crippen molar-refractivity contribution in [1.29, 1.82) is 0 Å². The van der Waals surface area contributed by atoms with Crippen LogP contribution in [0.25, 0.3) is 0 Å². The first-order valence-corrected chi connectivity index (χ1v) is 6.48. The number of likely N-dealkylation sites (N-methyl/N-ethyl adjacent to an activating group) is 2. The highest BCUT2D eigenvalue weighted by atomic mass is 16.2. The zero-order valence-electron chi connectivity index (χ0n) is 12.0. The van der Waals surface area contributed by atoms with Crippen LogP contribution in [0.5, 0.6) is 0 Å². The minimum Gasteiger partial charge on any atom is -0.335 e. The second-order valence-corrected chi connectivity index (χ2v) is 4.35. The lowest BCUT2D eigenvalue weighted by Crippen LogP contribution is -2.44. The Hall–Kier alpha value is -1.91. The van der Waals surface area contributed by atoms with Gasteiger partial charge in [0, 0.05) is 32.5 Å². The largest absolute Gasteiger partial charge is 0.335 e. The second-order valence-electron chi connectivity index (χ2n) is 4.35. The molecule has 1 atom stereocenters. The van der Waals surface area contributed by atoms with Crippen LogP contribution >= 0.6 is 0 Å². The Kier molecular flexibility index (Phi) is 5.48. The Morgan fingerprint density at radius 2 is 1.68 bits per heavy atom. The van der Waals surface area contributed by atoms with Crippen molar-refractivity contribution in [3.8, 4) is 0 Å². The number of hydrogen-bond acceptors (Lipinski definition) is 3. The predicted octanol–water partition coefficient (Wildman–Crippen LogP) is 1.47. The molecule has 5 nitrogen and oxygen atoms in total. The van der Waals surface area contributed by atoms with Crippen LogP contribution in [-0.4, -0.2) is 46.7 Å². The number of rotatable bonds is 4. The molecule has 0 spiro atoms. The van der Waals surface area contributed by atoms with Crippen LogP contribution < -0.4 is 0 Å². The zero-order valence-corrected chi connectivity index (χ0v) is 12.0. The number of hydrogen-bond donors (Lipinski definition) is 0. The van der Waals surface area contributed by atoms with E-state index in [4.69, 9.17) is 0 Å². The number of amides is 2. The van der Waals surface area contributed by atoms with E-state index in [2.05, 4.69) is 4.98 Å². The fraction of sp³-hybridized carbons (Fsp3) is 0.500. The van der Waals surface area contributed by atoms with Crippen LogP contribution in [0.15, 0.2) is 24.5 Å². The molecule has 2 amide bonds. The van der Waals surface area contributed by atoms with Crippen molar-refractivity contribution in [1.82, 2.24) is 14.8 Å². The summed E-state index contributed by atoms with van der Waals surface area (Å²) in [4.78, 5) is 31.1. The van der Waals surface area contributed by atoms with Crippen LogP contribution in [0.4, 0.5) is 0 Å². The molecule has 104 valence electrons. The van der Waals surface area contributed by atoms with Gasteiger partial charge in [-0.1, -0.05) is 0 Å². The van der Waals surface area contributed by atoms with Gasteiger partial charge in [0.1, 0.15) is 0 Å². The topological polar surface area (TPSA) is 53.5 Å². The van der Waals surface area contributed by atoms with Crippen molar-refractivity contribution in [3.63, 3.8) is 0 Å². The van der Waals surface area contributed by atoms with E-state index < -0.39 is 11.8 Å². The highest BCUT2D eigenvalue weighted by molar-refractivity contribution is 6.34. The molecule has 1 unspecified atom stereocenters.